The third kappa shape index (κ3) is 7.98. The number of anilines is 2. The van der Waals surface area contributed by atoms with E-state index in [1.807, 2.05) is 30.5 Å². The van der Waals surface area contributed by atoms with E-state index in [9.17, 15) is 0 Å². The van der Waals surface area contributed by atoms with Crippen LogP contribution >= 0.6 is 0 Å². The molecule has 4 aromatic rings. The fraction of sp³-hybridized carbons (Fsp3) is 0.150. The summed E-state index contributed by atoms with van der Waals surface area (Å²) in [4.78, 5) is 11.5. The van der Waals surface area contributed by atoms with Gasteiger partial charge in [0.2, 0.25) is 0 Å². The van der Waals surface area contributed by atoms with E-state index in [0.717, 1.165) is 52.3 Å². The van der Waals surface area contributed by atoms with Gasteiger partial charge in [0, 0.05) is 18.1 Å². The first-order valence-corrected chi connectivity index (χ1v) is 14.8. The van der Waals surface area contributed by atoms with E-state index in [-0.39, 0.29) is 27.1 Å². The van der Waals surface area contributed by atoms with Crippen molar-refractivity contribution in [2.75, 3.05) is 4.90 Å². The maximum absolute atomic E-state index is 4.67. The summed E-state index contributed by atoms with van der Waals surface area (Å²) >= 11 is 0. The molecule has 3 nitrogen and oxygen atoms in total. The number of hydrogen-bond acceptors (Lipinski definition) is 3. The number of rotatable bonds is 10. The Bertz CT molecular complexity index is 1700. The van der Waals surface area contributed by atoms with Crippen LogP contribution in [-0.2, 0) is 21.1 Å². The molecule has 1 unspecified atom stereocenters. The quantitative estimate of drug-likeness (QED) is 0.0917. The first kappa shape index (κ1) is 32.6. The molecular weight excluding hydrogens is 718 g/mol. The second-order valence-corrected chi connectivity index (χ2v) is 10.5. The molecule has 0 saturated carbocycles. The van der Waals surface area contributed by atoms with E-state index >= 15 is 0 Å². The van der Waals surface area contributed by atoms with Gasteiger partial charge in [-0.05, 0) is 66.0 Å². The van der Waals surface area contributed by atoms with Crippen LogP contribution in [0.1, 0.15) is 39.2 Å². The molecule has 1 atom stereocenters. The Morgan fingerprint density at radius 1 is 0.977 bits per heavy atom. The van der Waals surface area contributed by atoms with Crippen molar-refractivity contribution in [3.63, 3.8) is 0 Å². The molecule has 222 valence electrons. The van der Waals surface area contributed by atoms with Gasteiger partial charge in [-0.3, -0.25) is 4.99 Å². The topological polar surface area (TPSA) is 28.5 Å². The summed E-state index contributed by atoms with van der Waals surface area (Å²) in [6, 6.07) is 33.2. The van der Waals surface area contributed by atoms with Crippen LogP contribution in [0.15, 0.2) is 144 Å². The van der Waals surface area contributed by atoms with Crippen LogP contribution in [0, 0.1) is 12.1 Å². The smallest absolute Gasteiger partial charge is 0.364 e. The van der Waals surface area contributed by atoms with Gasteiger partial charge in [0.15, 0.2) is 0 Å². The number of pyridine rings is 1. The Morgan fingerprint density at radius 3 is 2.39 bits per heavy atom. The van der Waals surface area contributed by atoms with Gasteiger partial charge in [-0.2, -0.15) is 0 Å². The Hall–Kier alpha value is -4.33. The zero-order valence-electron chi connectivity index (χ0n) is 25.5. The number of allylic oxidation sites excluding steroid dienone is 7. The Kier molecular flexibility index (Phi) is 11.8. The van der Waals surface area contributed by atoms with Crippen LogP contribution in [0.5, 0.6) is 0 Å². The number of aromatic nitrogens is 1. The Morgan fingerprint density at radius 2 is 1.73 bits per heavy atom. The van der Waals surface area contributed by atoms with Gasteiger partial charge in [-0.25, -0.2) is 12.2 Å². The van der Waals surface area contributed by atoms with Gasteiger partial charge in [-0.15, -0.1) is 42.0 Å². The van der Waals surface area contributed by atoms with E-state index < -0.39 is 0 Å². The second-order valence-electron chi connectivity index (χ2n) is 10.5. The second kappa shape index (κ2) is 15.9. The monoisotopic (exact) mass is 754 g/mol. The standard InChI is InChI=1S/C40H37N3.Pt/c1-5-24-41-31(4)30(3)26-37(6-2)43(38-22-20-34(21-23-38)32-15-9-7-10-16-32)39-28-35(33-17-11-8-12-18-33)27-36(29-39)40-19-13-14-25-42-40;/h5-7,9-11,13-25,27-28,31H,1,8,12H2,2-4H3;/q-2;+2/b37-6+,41-24?;. The fourth-order valence-electron chi connectivity index (χ4n) is 5.04. The number of hydrogen-bond donors (Lipinski definition) is 0. The molecule has 0 saturated heterocycles. The normalized spacial score (nSPS) is 14.1. The summed E-state index contributed by atoms with van der Waals surface area (Å²) < 4.78 is 0. The summed E-state index contributed by atoms with van der Waals surface area (Å²) in [5.41, 5.74) is 10.4. The van der Waals surface area contributed by atoms with E-state index in [4.69, 9.17) is 0 Å². The molecule has 0 amide bonds. The maximum atomic E-state index is 4.67. The van der Waals surface area contributed by atoms with Crippen LogP contribution in [-0.4, -0.2) is 17.2 Å². The van der Waals surface area contributed by atoms with Crippen molar-refractivity contribution >= 4 is 23.2 Å². The summed E-state index contributed by atoms with van der Waals surface area (Å²) in [6.45, 7) is 9.96. The molecule has 0 fully saturated rings. The third-order valence-corrected chi connectivity index (χ3v) is 7.48. The van der Waals surface area contributed by atoms with Gasteiger partial charge >= 0.3 is 21.1 Å². The van der Waals surface area contributed by atoms with E-state index in [1.165, 1.54) is 16.7 Å². The van der Waals surface area contributed by atoms with Crippen molar-refractivity contribution in [3.05, 3.63) is 157 Å². The summed E-state index contributed by atoms with van der Waals surface area (Å²) in [5, 5.41) is 0. The molecular formula is C40H37N3Pt. The fourth-order valence-corrected chi connectivity index (χ4v) is 5.04. The van der Waals surface area contributed by atoms with E-state index in [1.54, 1.807) is 12.3 Å². The van der Waals surface area contributed by atoms with Crippen molar-refractivity contribution < 1.29 is 21.1 Å². The van der Waals surface area contributed by atoms with E-state index in [0.29, 0.717) is 0 Å². The molecule has 0 N–H and O–H groups in total. The zero-order valence-corrected chi connectivity index (χ0v) is 27.8. The van der Waals surface area contributed by atoms with Crippen molar-refractivity contribution in [1.29, 1.82) is 0 Å². The summed E-state index contributed by atoms with van der Waals surface area (Å²) in [7, 11) is 0. The van der Waals surface area contributed by atoms with Gasteiger partial charge in [0.1, 0.15) is 0 Å². The first-order valence-electron chi connectivity index (χ1n) is 14.8. The minimum Gasteiger partial charge on any atom is -0.364 e. The van der Waals surface area contributed by atoms with Gasteiger partial charge < -0.3 is 9.88 Å². The molecule has 0 bridgehead atoms. The van der Waals surface area contributed by atoms with Crippen LogP contribution < -0.4 is 4.90 Å². The molecule has 1 heterocycles. The van der Waals surface area contributed by atoms with Crippen LogP contribution in [0.3, 0.4) is 0 Å². The summed E-state index contributed by atoms with van der Waals surface area (Å²) in [5.74, 6) is 0. The average Bonchev–Trinajstić information content (AvgIpc) is 3.08. The number of benzene rings is 3. The molecule has 44 heavy (non-hydrogen) atoms. The van der Waals surface area contributed by atoms with Crippen LogP contribution in [0.4, 0.5) is 11.4 Å². The number of nitrogens with zero attached hydrogens (tertiary/aromatic N) is 3. The average molecular weight is 755 g/mol. The predicted molar refractivity (Wildman–Crippen MR) is 183 cm³/mol. The van der Waals surface area contributed by atoms with Crippen molar-refractivity contribution in [1.82, 2.24) is 4.98 Å². The molecule has 5 rings (SSSR count). The molecule has 3 aromatic carbocycles. The summed E-state index contributed by atoms with van der Waals surface area (Å²) in [6.07, 6.45) is 19.9. The van der Waals surface area contributed by atoms with Gasteiger partial charge in [-0.1, -0.05) is 98.0 Å². The van der Waals surface area contributed by atoms with Crippen LogP contribution in [0.25, 0.3) is 28.0 Å². The molecule has 4 heteroatoms. The SMILES string of the molecule is C=CC=NC(C)C(C)=[C-]/C(=C\C)N(c1[c-]c(-c2ccccn2)cc(C2=CCCC=C2)c1)c1ccc(-c2ccccc2)cc1.[Pt+2]. The van der Waals surface area contributed by atoms with Crippen molar-refractivity contribution in [3.8, 4) is 22.4 Å². The van der Waals surface area contributed by atoms with Crippen LogP contribution in [0.2, 0.25) is 0 Å². The third-order valence-electron chi connectivity index (χ3n) is 7.48. The molecule has 1 aromatic heterocycles. The zero-order chi connectivity index (χ0) is 30.0. The van der Waals surface area contributed by atoms with E-state index in [2.05, 4.69) is 139 Å². The minimum atomic E-state index is -0.0350. The van der Waals surface area contributed by atoms with Crippen molar-refractivity contribution in [2.24, 2.45) is 4.99 Å². The number of aliphatic imine (C=N–C) groups is 1. The maximum Gasteiger partial charge on any atom is 2.00 e. The van der Waals surface area contributed by atoms with Crippen molar-refractivity contribution in [2.45, 2.75) is 39.7 Å². The minimum absolute atomic E-state index is 0. The molecule has 1 aliphatic rings. The van der Waals surface area contributed by atoms with Gasteiger partial charge in [0.05, 0.1) is 6.04 Å². The molecule has 0 aliphatic heterocycles. The Labute approximate surface area is 277 Å². The van der Waals surface area contributed by atoms with Gasteiger partial charge in [0.25, 0.3) is 0 Å². The predicted octanol–water partition coefficient (Wildman–Crippen LogP) is 10.4. The molecule has 0 spiro atoms. The molecule has 1 aliphatic carbocycles. The first-order chi connectivity index (χ1) is 21.1. The molecule has 0 radical (unpaired) electrons. The Balaban J connectivity index is 0.00000442. The largest absolute Gasteiger partial charge is 2.00 e.